The van der Waals surface area contributed by atoms with Gasteiger partial charge in [-0.05, 0) is 81.1 Å². The molecule has 0 aliphatic carbocycles. The highest BCUT2D eigenvalue weighted by Gasteiger charge is 2.21. The first-order valence-corrected chi connectivity index (χ1v) is 18.7. The van der Waals surface area contributed by atoms with E-state index in [-0.39, 0.29) is 0 Å². The number of benzene rings is 9. The van der Waals surface area contributed by atoms with Crippen molar-refractivity contribution in [1.29, 1.82) is 0 Å². The summed E-state index contributed by atoms with van der Waals surface area (Å²) in [5, 5.41) is 6.91. The number of para-hydroxylation sites is 3. The van der Waals surface area contributed by atoms with Crippen molar-refractivity contribution >= 4 is 71.7 Å². The quantitative estimate of drug-likeness (QED) is 0.173. The average Bonchev–Trinajstić information content (AvgIpc) is 3.84. The Morgan fingerprint density at radius 3 is 1.64 bits per heavy atom. The molecule has 0 saturated heterocycles. The molecule has 2 aromatic heterocycles. The van der Waals surface area contributed by atoms with Crippen molar-refractivity contribution in [3.05, 3.63) is 200 Å². The number of nitrogens with zero attached hydrogens (tertiary/aromatic N) is 1. The first-order chi connectivity index (χ1) is 27.3. The Labute approximate surface area is 317 Å². The van der Waals surface area contributed by atoms with Crippen molar-refractivity contribution in [1.82, 2.24) is 0 Å². The van der Waals surface area contributed by atoms with Crippen molar-refractivity contribution in [3.63, 3.8) is 0 Å². The van der Waals surface area contributed by atoms with Crippen LogP contribution in [0.5, 0.6) is 0 Å². The summed E-state index contributed by atoms with van der Waals surface area (Å²) in [6, 6.07) is 70.8. The van der Waals surface area contributed by atoms with Gasteiger partial charge in [0, 0.05) is 38.5 Å². The minimum absolute atomic E-state index is 0.845. The van der Waals surface area contributed by atoms with E-state index in [4.69, 9.17) is 8.83 Å². The maximum atomic E-state index is 6.96. The zero-order chi connectivity index (χ0) is 36.3. The van der Waals surface area contributed by atoms with Gasteiger partial charge in [0.1, 0.15) is 16.7 Å². The zero-order valence-electron chi connectivity index (χ0n) is 29.8. The van der Waals surface area contributed by atoms with Crippen LogP contribution in [-0.4, -0.2) is 0 Å². The summed E-state index contributed by atoms with van der Waals surface area (Å²) in [5.41, 5.74) is 13.4. The fourth-order valence-corrected chi connectivity index (χ4v) is 8.33. The van der Waals surface area contributed by atoms with Gasteiger partial charge in [-0.25, -0.2) is 0 Å². The summed E-state index contributed by atoms with van der Waals surface area (Å²) < 4.78 is 13.2. The smallest absolute Gasteiger partial charge is 0.159 e. The number of anilines is 3. The SMILES string of the molecule is c1ccc(-c2cccc3c2oc2c(N(c4ccc(-c5cccc6ccccc56)cc4)c4ccc(-c5cccc6oc7ccccc7c56)cc4)cccc23)cc1. The number of hydrogen-bond acceptors (Lipinski definition) is 3. The molecular formula is C52H33NO2. The molecule has 11 aromatic rings. The molecule has 258 valence electrons. The highest BCUT2D eigenvalue weighted by atomic mass is 16.3. The number of rotatable bonds is 6. The molecule has 0 aliphatic rings. The van der Waals surface area contributed by atoms with Gasteiger partial charge < -0.3 is 13.7 Å². The maximum absolute atomic E-state index is 6.96. The van der Waals surface area contributed by atoms with Crippen LogP contribution in [0.1, 0.15) is 0 Å². The lowest BCUT2D eigenvalue weighted by Crippen LogP contribution is -2.10. The van der Waals surface area contributed by atoms with Crippen molar-refractivity contribution < 1.29 is 8.83 Å². The first-order valence-electron chi connectivity index (χ1n) is 18.7. The number of fused-ring (bicyclic) bond motifs is 7. The molecule has 0 spiro atoms. The van der Waals surface area contributed by atoms with Gasteiger partial charge in [0.05, 0.1) is 5.69 Å². The Bertz CT molecular complexity index is 3180. The van der Waals surface area contributed by atoms with Gasteiger partial charge in [-0.3, -0.25) is 0 Å². The molecule has 2 heterocycles. The second-order valence-corrected chi connectivity index (χ2v) is 14.0. The van der Waals surface area contributed by atoms with Gasteiger partial charge in [-0.2, -0.15) is 0 Å². The van der Waals surface area contributed by atoms with Gasteiger partial charge in [-0.15, -0.1) is 0 Å². The van der Waals surface area contributed by atoms with E-state index in [1.807, 2.05) is 24.3 Å². The third kappa shape index (κ3) is 5.13. The minimum Gasteiger partial charge on any atom is -0.456 e. The lowest BCUT2D eigenvalue weighted by molar-refractivity contribution is 0.669. The predicted molar refractivity (Wildman–Crippen MR) is 229 cm³/mol. The van der Waals surface area contributed by atoms with Crippen LogP contribution >= 0.6 is 0 Å². The summed E-state index contributed by atoms with van der Waals surface area (Å²) in [7, 11) is 0. The number of furan rings is 2. The Morgan fingerprint density at radius 1 is 0.309 bits per heavy atom. The topological polar surface area (TPSA) is 29.5 Å². The molecule has 0 aliphatic heterocycles. The maximum Gasteiger partial charge on any atom is 0.159 e. The van der Waals surface area contributed by atoms with E-state index < -0.39 is 0 Å². The van der Waals surface area contributed by atoms with E-state index in [0.717, 1.165) is 83.2 Å². The summed E-state index contributed by atoms with van der Waals surface area (Å²) >= 11 is 0. The van der Waals surface area contributed by atoms with Gasteiger partial charge in [0.2, 0.25) is 0 Å². The zero-order valence-corrected chi connectivity index (χ0v) is 29.8. The van der Waals surface area contributed by atoms with E-state index in [1.54, 1.807) is 0 Å². The second kappa shape index (κ2) is 12.6. The van der Waals surface area contributed by atoms with Crippen molar-refractivity contribution in [2.45, 2.75) is 0 Å². The van der Waals surface area contributed by atoms with Crippen LogP contribution in [0.2, 0.25) is 0 Å². The van der Waals surface area contributed by atoms with E-state index in [1.165, 1.54) is 21.9 Å². The Kier molecular flexibility index (Phi) is 7.17. The summed E-state index contributed by atoms with van der Waals surface area (Å²) in [6.07, 6.45) is 0. The van der Waals surface area contributed by atoms with Crippen molar-refractivity contribution in [2.24, 2.45) is 0 Å². The van der Waals surface area contributed by atoms with Gasteiger partial charge in [-0.1, -0.05) is 158 Å². The summed E-state index contributed by atoms with van der Waals surface area (Å²) in [4.78, 5) is 2.32. The van der Waals surface area contributed by atoms with Crippen LogP contribution in [0.3, 0.4) is 0 Å². The molecule has 55 heavy (non-hydrogen) atoms. The van der Waals surface area contributed by atoms with Gasteiger partial charge in [0.15, 0.2) is 5.58 Å². The minimum atomic E-state index is 0.845. The fourth-order valence-electron chi connectivity index (χ4n) is 8.33. The molecule has 0 saturated carbocycles. The van der Waals surface area contributed by atoms with Crippen LogP contribution in [0, 0.1) is 0 Å². The summed E-state index contributed by atoms with van der Waals surface area (Å²) in [6.45, 7) is 0. The lowest BCUT2D eigenvalue weighted by Gasteiger charge is -2.26. The Balaban J connectivity index is 1.09. The van der Waals surface area contributed by atoms with E-state index in [2.05, 4.69) is 181 Å². The van der Waals surface area contributed by atoms with E-state index in [0.29, 0.717) is 0 Å². The normalized spacial score (nSPS) is 11.6. The van der Waals surface area contributed by atoms with Crippen molar-refractivity contribution in [2.75, 3.05) is 4.90 Å². The van der Waals surface area contributed by atoms with Crippen molar-refractivity contribution in [3.8, 4) is 33.4 Å². The highest BCUT2D eigenvalue weighted by molar-refractivity contribution is 6.14. The molecule has 9 aromatic carbocycles. The van der Waals surface area contributed by atoms with E-state index >= 15 is 0 Å². The molecule has 3 heteroatoms. The molecule has 11 rings (SSSR count). The summed E-state index contributed by atoms with van der Waals surface area (Å²) in [5.74, 6) is 0. The van der Waals surface area contributed by atoms with Crippen LogP contribution in [0.15, 0.2) is 209 Å². The molecule has 0 radical (unpaired) electrons. The highest BCUT2D eigenvalue weighted by Crippen LogP contribution is 2.45. The van der Waals surface area contributed by atoms with Gasteiger partial charge in [0.25, 0.3) is 0 Å². The molecule has 3 nitrogen and oxygen atoms in total. The molecule has 0 fully saturated rings. The Morgan fingerprint density at radius 2 is 0.836 bits per heavy atom. The van der Waals surface area contributed by atoms with Crippen LogP contribution in [0.4, 0.5) is 17.1 Å². The fraction of sp³-hybridized carbons (Fsp3) is 0. The molecular weight excluding hydrogens is 671 g/mol. The molecule has 0 unspecified atom stereocenters. The monoisotopic (exact) mass is 703 g/mol. The van der Waals surface area contributed by atoms with Crippen LogP contribution in [0.25, 0.3) is 88.0 Å². The molecule has 0 bridgehead atoms. The lowest BCUT2D eigenvalue weighted by atomic mass is 9.97. The molecule has 0 N–H and O–H groups in total. The van der Waals surface area contributed by atoms with Crippen LogP contribution < -0.4 is 4.90 Å². The second-order valence-electron chi connectivity index (χ2n) is 14.0. The van der Waals surface area contributed by atoms with Gasteiger partial charge >= 0.3 is 0 Å². The standard InChI is InChI=1S/C52H33NO2/c1-2-12-35(13-3-1)43-20-9-21-44-45-22-10-23-47(52(45)55-51(43)44)53(38-30-26-36(27-31-38)41-18-8-15-34-14-4-5-16-40(34)41)39-32-28-37(29-33-39)42-19-11-25-49-50(42)46-17-6-7-24-48(46)54-49/h1-33H. The molecule has 0 amide bonds. The average molecular weight is 704 g/mol. The molecule has 0 atom stereocenters. The first kappa shape index (κ1) is 31.2. The third-order valence-corrected chi connectivity index (χ3v) is 10.9. The predicted octanol–water partition coefficient (Wildman–Crippen LogP) is 15.1. The van der Waals surface area contributed by atoms with E-state index in [9.17, 15) is 0 Å². The third-order valence-electron chi connectivity index (χ3n) is 10.9. The largest absolute Gasteiger partial charge is 0.456 e. The van der Waals surface area contributed by atoms with Crippen LogP contribution in [-0.2, 0) is 0 Å². The number of hydrogen-bond donors (Lipinski definition) is 0. The Hall–Kier alpha value is -7.36.